The number of carbonyl (C=O) groups is 1. The van der Waals surface area contributed by atoms with Gasteiger partial charge in [0.05, 0.1) is 0 Å². The molecule has 0 saturated carbocycles. The molecule has 0 aliphatic carbocycles. The average molecular weight is 248 g/mol. The van der Waals surface area contributed by atoms with E-state index in [-0.39, 0.29) is 12.0 Å². The molecule has 98 valence electrons. The normalized spacial score (nSPS) is 16.1. The topological polar surface area (TPSA) is 46.5 Å². The van der Waals surface area contributed by atoms with Crippen molar-refractivity contribution < 1.29 is 14.6 Å². The van der Waals surface area contributed by atoms with Gasteiger partial charge in [0.2, 0.25) is 0 Å². The molecule has 1 aliphatic rings. The van der Waals surface area contributed by atoms with Crippen molar-refractivity contribution in [2.45, 2.75) is 51.6 Å². The van der Waals surface area contributed by atoms with E-state index in [1.807, 2.05) is 6.07 Å². The molecule has 1 aromatic carbocycles. The summed E-state index contributed by atoms with van der Waals surface area (Å²) in [4.78, 5) is 10.4. The van der Waals surface area contributed by atoms with Gasteiger partial charge in [-0.15, -0.1) is 0 Å². The van der Waals surface area contributed by atoms with Crippen molar-refractivity contribution in [2.24, 2.45) is 0 Å². The maximum Gasteiger partial charge on any atom is 0.303 e. The minimum Gasteiger partial charge on any atom is -0.487 e. The molecular formula is C15H20O3. The van der Waals surface area contributed by atoms with Crippen molar-refractivity contribution in [1.29, 1.82) is 0 Å². The SMILES string of the molecule is CC1(C)Cc2cc(CCCCC(=O)O)ccc2O1. The van der Waals surface area contributed by atoms with E-state index in [0.717, 1.165) is 31.4 Å². The number of carboxylic acid groups (broad SMARTS) is 1. The smallest absolute Gasteiger partial charge is 0.303 e. The number of hydrogen-bond donors (Lipinski definition) is 1. The van der Waals surface area contributed by atoms with Crippen molar-refractivity contribution in [3.63, 3.8) is 0 Å². The average Bonchev–Trinajstić information content (AvgIpc) is 2.57. The monoisotopic (exact) mass is 248 g/mol. The highest BCUT2D eigenvalue weighted by molar-refractivity contribution is 5.66. The highest BCUT2D eigenvalue weighted by Crippen LogP contribution is 2.35. The van der Waals surface area contributed by atoms with Gasteiger partial charge in [-0.05, 0) is 50.3 Å². The third kappa shape index (κ3) is 3.25. The van der Waals surface area contributed by atoms with Crippen molar-refractivity contribution in [3.8, 4) is 5.75 Å². The van der Waals surface area contributed by atoms with E-state index in [2.05, 4.69) is 26.0 Å². The first-order valence-electron chi connectivity index (χ1n) is 6.49. The van der Waals surface area contributed by atoms with Crippen LogP contribution < -0.4 is 4.74 Å². The van der Waals surface area contributed by atoms with Crippen molar-refractivity contribution in [3.05, 3.63) is 29.3 Å². The molecule has 0 fully saturated rings. The maximum atomic E-state index is 10.4. The molecular weight excluding hydrogens is 228 g/mol. The Morgan fingerprint density at radius 3 is 2.89 bits per heavy atom. The first-order valence-corrected chi connectivity index (χ1v) is 6.49. The van der Waals surface area contributed by atoms with Crippen LogP contribution >= 0.6 is 0 Å². The number of ether oxygens (including phenoxy) is 1. The molecule has 0 bridgehead atoms. The predicted molar refractivity (Wildman–Crippen MR) is 70.0 cm³/mol. The highest BCUT2D eigenvalue weighted by Gasteiger charge is 2.29. The van der Waals surface area contributed by atoms with Crippen LogP contribution in [0.3, 0.4) is 0 Å². The van der Waals surface area contributed by atoms with E-state index >= 15 is 0 Å². The second-order valence-electron chi connectivity index (χ2n) is 5.58. The second kappa shape index (κ2) is 5.01. The lowest BCUT2D eigenvalue weighted by molar-refractivity contribution is -0.137. The van der Waals surface area contributed by atoms with Crippen LogP contribution in [0.5, 0.6) is 5.75 Å². The number of aliphatic carboxylic acids is 1. The molecule has 0 saturated heterocycles. The van der Waals surface area contributed by atoms with Crippen LogP contribution in [-0.2, 0) is 17.6 Å². The van der Waals surface area contributed by atoms with Gasteiger partial charge in [0.25, 0.3) is 0 Å². The molecule has 1 aromatic rings. The summed E-state index contributed by atoms with van der Waals surface area (Å²) >= 11 is 0. The molecule has 1 aliphatic heterocycles. The summed E-state index contributed by atoms with van der Waals surface area (Å²) in [7, 11) is 0. The first kappa shape index (κ1) is 12.9. The third-order valence-electron chi connectivity index (χ3n) is 3.23. The van der Waals surface area contributed by atoms with Gasteiger partial charge in [-0.25, -0.2) is 0 Å². The van der Waals surface area contributed by atoms with Crippen LogP contribution in [0.25, 0.3) is 0 Å². The Balaban J connectivity index is 1.91. The van der Waals surface area contributed by atoms with Gasteiger partial charge in [-0.3, -0.25) is 4.79 Å². The molecule has 0 unspecified atom stereocenters. The van der Waals surface area contributed by atoms with E-state index in [1.54, 1.807) is 0 Å². The van der Waals surface area contributed by atoms with Crippen molar-refractivity contribution in [2.75, 3.05) is 0 Å². The maximum absolute atomic E-state index is 10.4. The number of benzene rings is 1. The Morgan fingerprint density at radius 1 is 1.39 bits per heavy atom. The summed E-state index contributed by atoms with van der Waals surface area (Å²) in [6.45, 7) is 4.19. The molecule has 1 N–H and O–H groups in total. The number of rotatable bonds is 5. The van der Waals surface area contributed by atoms with Crippen LogP contribution in [0, 0.1) is 0 Å². The molecule has 3 nitrogen and oxygen atoms in total. The summed E-state index contributed by atoms with van der Waals surface area (Å²) in [5, 5.41) is 8.58. The molecule has 1 heterocycles. The number of hydrogen-bond acceptors (Lipinski definition) is 2. The summed E-state index contributed by atoms with van der Waals surface area (Å²) < 4.78 is 5.83. The van der Waals surface area contributed by atoms with Gasteiger partial charge < -0.3 is 9.84 Å². The quantitative estimate of drug-likeness (QED) is 0.814. The van der Waals surface area contributed by atoms with Gasteiger partial charge in [-0.2, -0.15) is 0 Å². The second-order valence-corrected chi connectivity index (χ2v) is 5.58. The highest BCUT2D eigenvalue weighted by atomic mass is 16.5. The molecule has 2 rings (SSSR count). The Bertz CT molecular complexity index is 449. The molecule has 0 aromatic heterocycles. The fourth-order valence-corrected chi connectivity index (χ4v) is 2.42. The van der Waals surface area contributed by atoms with Gasteiger partial charge in [0.15, 0.2) is 0 Å². The lowest BCUT2D eigenvalue weighted by Crippen LogP contribution is -2.24. The summed E-state index contributed by atoms with van der Waals surface area (Å²) in [6.07, 6.45) is 3.83. The fraction of sp³-hybridized carbons (Fsp3) is 0.533. The van der Waals surface area contributed by atoms with Crippen LogP contribution in [0.2, 0.25) is 0 Å². The van der Waals surface area contributed by atoms with Crippen molar-refractivity contribution in [1.82, 2.24) is 0 Å². The van der Waals surface area contributed by atoms with E-state index in [0.29, 0.717) is 0 Å². The number of unbranched alkanes of at least 4 members (excludes halogenated alkanes) is 1. The summed E-state index contributed by atoms with van der Waals surface area (Å²) in [6, 6.07) is 6.32. The standard InChI is InChI=1S/C15H20O3/c1-15(2)10-12-9-11(7-8-13(12)18-15)5-3-4-6-14(16)17/h7-9H,3-6,10H2,1-2H3,(H,16,17). The zero-order valence-electron chi connectivity index (χ0n) is 11.0. The summed E-state index contributed by atoms with van der Waals surface area (Å²) in [5.74, 6) is 0.286. The predicted octanol–water partition coefficient (Wildman–Crippen LogP) is 3.20. The van der Waals surface area contributed by atoms with Crippen LogP contribution in [0.15, 0.2) is 18.2 Å². The molecule has 0 radical (unpaired) electrons. The lowest BCUT2D eigenvalue weighted by atomic mass is 9.98. The Labute approximate surface area is 108 Å². The first-order chi connectivity index (χ1) is 8.46. The van der Waals surface area contributed by atoms with E-state index in [9.17, 15) is 4.79 Å². The zero-order chi connectivity index (χ0) is 13.2. The Morgan fingerprint density at radius 2 is 2.17 bits per heavy atom. The van der Waals surface area contributed by atoms with Gasteiger partial charge in [0, 0.05) is 12.8 Å². The number of aryl methyl sites for hydroxylation is 1. The fourth-order valence-electron chi connectivity index (χ4n) is 2.42. The summed E-state index contributed by atoms with van der Waals surface area (Å²) in [5.41, 5.74) is 2.46. The zero-order valence-corrected chi connectivity index (χ0v) is 11.0. The lowest BCUT2D eigenvalue weighted by Gasteiger charge is -2.16. The molecule has 0 spiro atoms. The third-order valence-corrected chi connectivity index (χ3v) is 3.23. The Hall–Kier alpha value is -1.51. The van der Waals surface area contributed by atoms with Crippen LogP contribution in [0.1, 0.15) is 44.2 Å². The molecule has 0 amide bonds. The Kier molecular flexibility index (Phi) is 3.60. The minimum atomic E-state index is -0.709. The molecule has 18 heavy (non-hydrogen) atoms. The van der Waals surface area contributed by atoms with Gasteiger partial charge in [-0.1, -0.05) is 12.1 Å². The molecule has 0 atom stereocenters. The van der Waals surface area contributed by atoms with E-state index < -0.39 is 5.97 Å². The number of carboxylic acids is 1. The molecule has 3 heteroatoms. The van der Waals surface area contributed by atoms with E-state index in [1.165, 1.54) is 11.1 Å². The number of fused-ring (bicyclic) bond motifs is 1. The van der Waals surface area contributed by atoms with E-state index in [4.69, 9.17) is 9.84 Å². The minimum absolute atomic E-state index is 0.0930. The van der Waals surface area contributed by atoms with Crippen LogP contribution in [-0.4, -0.2) is 16.7 Å². The van der Waals surface area contributed by atoms with Gasteiger partial charge in [0.1, 0.15) is 11.4 Å². The van der Waals surface area contributed by atoms with Gasteiger partial charge >= 0.3 is 5.97 Å². The van der Waals surface area contributed by atoms with Crippen molar-refractivity contribution >= 4 is 5.97 Å². The van der Waals surface area contributed by atoms with Crippen LogP contribution in [0.4, 0.5) is 0 Å². The largest absolute Gasteiger partial charge is 0.487 e.